The molecule has 3 aromatic rings. The Labute approximate surface area is 211 Å². The van der Waals surface area contributed by atoms with Crippen molar-refractivity contribution < 1.29 is 33.2 Å². The Hall–Kier alpha value is -3.24. The molecule has 0 aliphatic carbocycles. The summed E-state index contributed by atoms with van der Waals surface area (Å²) >= 11 is 3.52. The van der Waals surface area contributed by atoms with Crippen LogP contribution in [-0.4, -0.2) is 59.8 Å². The topological polar surface area (TPSA) is 94.5 Å². The Morgan fingerprint density at radius 3 is 2.03 bits per heavy atom. The molecule has 10 heteroatoms. The molecule has 0 atom stereocenters. The van der Waals surface area contributed by atoms with Gasteiger partial charge in [-0.3, -0.25) is 4.79 Å². The maximum absolute atomic E-state index is 13.7. The highest BCUT2D eigenvalue weighted by Crippen LogP contribution is 2.43. The lowest BCUT2D eigenvalue weighted by Crippen LogP contribution is -2.28. The van der Waals surface area contributed by atoms with Gasteiger partial charge in [-0.25, -0.2) is 4.79 Å². The van der Waals surface area contributed by atoms with Crippen LogP contribution in [0.3, 0.4) is 0 Å². The molecule has 0 spiro atoms. The van der Waals surface area contributed by atoms with Crippen LogP contribution in [-0.2, 0) is 16.0 Å². The number of rotatable bonds is 10. The maximum atomic E-state index is 13.7. The normalized spacial score (nSPS) is 10.8. The summed E-state index contributed by atoms with van der Waals surface area (Å²) in [5, 5.41) is 0.851. The minimum absolute atomic E-state index is 0.104. The number of hydrogen-bond donors (Lipinski definition) is 0. The van der Waals surface area contributed by atoms with Crippen LogP contribution in [0, 0.1) is 0 Å². The van der Waals surface area contributed by atoms with E-state index in [0.717, 1.165) is 0 Å². The van der Waals surface area contributed by atoms with E-state index in [0.29, 0.717) is 62.4 Å². The Morgan fingerprint density at radius 1 is 0.857 bits per heavy atom. The molecule has 2 aromatic carbocycles. The monoisotopic (exact) mass is 549 g/mol. The predicted molar refractivity (Wildman–Crippen MR) is 135 cm³/mol. The number of fused-ring (bicyclic) bond motifs is 1. The van der Waals surface area contributed by atoms with Crippen molar-refractivity contribution in [3.63, 3.8) is 0 Å². The molecule has 9 nitrogen and oxygen atoms in total. The molecule has 0 fully saturated rings. The van der Waals surface area contributed by atoms with Crippen LogP contribution in [0.5, 0.6) is 23.0 Å². The van der Waals surface area contributed by atoms with Crippen LogP contribution in [0.15, 0.2) is 33.5 Å². The van der Waals surface area contributed by atoms with Gasteiger partial charge in [0.25, 0.3) is 5.56 Å². The first kappa shape index (κ1) is 26.4. The highest BCUT2D eigenvalue weighted by molar-refractivity contribution is 9.10. The van der Waals surface area contributed by atoms with Crippen LogP contribution in [0.25, 0.3) is 21.9 Å². The van der Waals surface area contributed by atoms with E-state index < -0.39 is 5.97 Å². The standard InChI is InChI=1S/C25H28BrNO8/c1-30-9-7-8-27-22(25(29)35-6)21(14-10-17(26)23(34-5)20(11-14)33-4)15-12-18(31-2)19(32-3)13-16(15)24(27)28/h10-13H,7-9H2,1-6H3. The minimum Gasteiger partial charge on any atom is -0.493 e. The molecule has 0 radical (unpaired) electrons. The molecule has 0 aliphatic heterocycles. The minimum atomic E-state index is -0.655. The first-order valence-electron chi connectivity index (χ1n) is 10.7. The van der Waals surface area contributed by atoms with Gasteiger partial charge < -0.3 is 33.0 Å². The maximum Gasteiger partial charge on any atom is 0.355 e. The average Bonchev–Trinajstić information content (AvgIpc) is 2.87. The summed E-state index contributed by atoms with van der Waals surface area (Å²) in [4.78, 5) is 26.8. The molecule has 0 saturated heterocycles. The number of halogens is 1. The second-order valence-corrected chi connectivity index (χ2v) is 8.32. The Bertz CT molecular complexity index is 1300. The number of esters is 1. The number of aromatic nitrogens is 1. The quantitative estimate of drug-likeness (QED) is 0.273. The molecule has 188 valence electrons. The van der Waals surface area contributed by atoms with E-state index >= 15 is 0 Å². The highest BCUT2D eigenvalue weighted by Gasteiger charge is 2.27. The fourth-order valence-electron chi connectivity index (χ4n) is 4.02. The number of benzene rings is 2. The zero-order valence-electron chi connectivity index (χ0n) is 20.5. The summed E-state index contributed by atoms with van der Waals surface area (Å²) in [5.74, 6) is 1.09. The average molecular weight is 550 g/mol. The van der Waals surface area contributed by atoms with Crippen molar-refractivity contribution >= 4 is 32.7 Å². The van der Waals surface area contributed by atoms with E-state index in [4.69, 9.17) is 28.4 Å². The van der Waals surface area contributed by atoms with Gasteiger partial charge in [0.2, 0.25) is 0 Å². The summed E-state index contributed by atoms with van der Waals surface area (Å²) in [7, 11) is 8.91. The van der Waals surface area contributed by atoms with Gasteiger partial charge in [-0.2, -0.15) is 0 Å². The van der Waals surface area contributed by atoms with Gasteiger partial charge in [0, 0.05) is 31.2 Å². The fourth-order valence-corrected chi connectivity index (χ4v) is 4.62. The second kappa shape index (κ2) is 11.5. The van der Waals surface area contributed by atoms with E-state index in [1.54, 1.807) is 31.4 Å². The molecule has 0 amide bonds. The smallest absolute Gasteiger partial charge is 0.355 e. The van der Waals surface area contributed by atoms with E-state index in [2.05, 4.69) is 15.9 Å². The summed E-state index contributed by atoms with van der Waals surface area (Å²) in [6.45, 7) is 0.650. The molecule has 1 heterocycles. The fraction of sp³-hybridized carbons (Fsp3) is 0.360. The molecule has 35 heavy (non-hydrogen) atoms. The molecule has 0 bridgehead atoms. The first-order chi connectivity index (χ1) is 16.9. The van der Waals surface area contributed by atoms with Crippen molar-refractivity contribution in [1.82, 2.24) is 4.57 Å². The van der Waals surface area contributed by atoms with Crippen molar-refractivity contribution in [2.75, 3.05) is 49.3 Å². The summed E-state index contributed by atoms with van der Waals surface area (Å²) in [6.07, 6.45) is 0.508. The van der Waals surface area contributed by atoms with Gasteiger partial charge in [0.1, 0.15) is 5.69 Å². The summed E-state index contributed by atoms with van der Waals surface area (Å²) in [6, 6.07) is 6.83. The molecule has 3 rings (SSSR count). The molecule has 0 unspecified atom stereocenters. The van der Waals surface area contributed by atoms with Gasteiger partial charge >= 0.3 is 5.97 Å². The van der Waals surface area contributed by atoms with Crippen molar-refractivity contribution in [1.29, 1.82) is 0 Å². The van der Waals surface area contributed by atoms with Crippen LogP contribution in [0.2, 0.25) is 0 Å². The van der Waals surface area contributed by atoms with Crippen molar-refractivity contribution in [2.24, 2.45) is 0 Å². The van der Waals surface area contributed by atoms with Gasteiger partial charge in [-0.15, -0.1) is 0 Å². The van der Waals surface area contributed by atoms with Crippen LogP contribution in [0.1, 0.15) is 16.9 Å². The van der Waals surface area contributed by atoms with Crippen molar-refractivity contribution in [3.05, 3.63) is 44.8 Å². The van der Waals surface area contributed by atoms with E-state index in [1.807, 2.05) is 0 Å². The molecular formula is C25H28BrNO8. The van der Waals surface area contributed by atoms with E-state index in [1.165, 1.54) is 40.1 Å². The van der Waals surface area contributed by atoms with E-state index in [-0.39, 0.29) is 17.8 Å². The molecule has 0 saturated carbocycles. The van der Waals surface area contributed by atoms with Gasteiger partial charge in [-0.05, 0) is 52.2 Å². The number of hydrogen-bond acceptors (Lipinski definition) is 8. The third-order valence-electron chi connectivity index (χ3n) is 5.61. The van der Waals surface area contributed by atoms with Crippen molar-refractivity contribution in [2.45, 2.75) is 13.0 Å². The van der Waals surface area contributed by atoms with Crippen molar-refractivity contribution in [3.8, 4) is 34.1 Å². The lowest BCUT2D eigenvalue weighted by Gasteiger charge is -2.21. The molecule has 0 N–H and O–H groups in total. The number of methoxy groups -OCH3 is 6. The number of ether oxygens (including phenoxy) is 6. The van der Waals surface area contributed by atoms with E-state index in [9.17, 15) is 9.59 Å². The SMILES string of the molecule is COCCCn1c(C(=O)OC)c(-c2cc(Br)c(OC)c(OC)c2)c2cc(OC)c(OC)cc2c1=O. The second-order valence-electron chi connectivity index (χ2n) is 7.46. The highest BCUT2D eigenvalue weighted by atomic mass is 79.9. The number of carbonyl (C=O) groups excluding carboxylic acids is 1. The van der Waals surface area contributed by atoms with Crippen LogP contribution in [0.4, 0.5) is 0 Å². The molecule has 1 aromatic heterocycles. The Kier molecular flexibility index (Phi) is 8.63. The zero-order chi connectivity index (χ0) is 25.7. The molecular weight excluding hydrogens is 522 g/mol. The van der Waals surface area contributed by atoms with Crippen LogP contribution < -0.4 is 24.5 Å². The summed E-state index contributed by atoms with van der Waals surface area (Å²) < 4.78 is 34.2. The third kappa shape index (κ3) is 4.94. The number of pyridine rings is 1. The Morgan fingerprint density at radius 2 is 1.49 bits per heavy atom. The summed E-state index contributed by atoms with van der Waals surface area (Å²) in [5.41, 5.74) is 0.826. The third-order valence-corrected chi connectivity index (χ3v) is 6.20. The number of carbonyl (C=O) groups is 1. The van der Waals surface area contributed by atoms with Crippen LogP contribution >= 0.6 is 15.9 Å². The zero-order valence-corrected chi connectivity index (χ0v) is 22.1. The largest absolute Gasteiger partial charge is 0.493 e. The Balaban J connectivity index is 2.55. The molecule has 0 aliphatic rings. The number of nitrogens with zero attached hydrogens (tertiary/aromatic N) is 1. The first-order valence-corrected chi connectivity index (χ1v) is 11.5. The van der Waals surface area contributed by atoms with Gasteiger partial charge in [0.15, 0.2) is 23.0 Å². The van der Waals surface area contributed by atoms with Gasteiger partial charge in [-0.1, -0.05) is 0 Å². The predicted octanol–water partition coefficient (Wildman–Crippen LogP) is 4.29. The van der Waals surface area contributed by atoms with Gasteiger partial charge in [0.05, 0.1) is 45.4 Å². The lowest BCUT2D eigenvalue weighted by molar-refractivity contribution is 0.0587. The lowest BCUT2D eigenvalue weighted by atomic mass is 9.95.